The van der Waals surface area contributed by atoms with E-state index >= 15 is 0 Å². The summed E-state index contributed by atoms with van der Waals surface area (Å²) in [5, 5.41) is 22.5. The van der Waals surface area contributed by atoms with E-state index in [4.69, 9.17) is 5.11 Å². The summed E-state index contributed by atoms with van der Waals surface area (Å²) < 4.78 is 22.7. The van der Waals surface area contributed by atoms with E-state index in [-0.39, 0.29) is 23.3 Å². The molecule has 20 heavy (non-hydrogen) atoms. The molecule has 6 nitrogen and oxygen atoms in total. The maximum Gasteiger partial charge on any atom is 0.306 e. The molecule has 1 atom stereocenters. The first-order chi connectivity index (χ1) is 9.30. The number of carboxylic acids is 1. The minimum Gasteiger partial charge on any atom is -0.481 e. The van der Waals surface area contributed by atoms with Crippen molar-refractivity contribution in [1.29, 1.82) is 0 Å². The highest BCUT2D eigenvalue weighted by Gasteiger charge is 2.36. The largest absolute Gasteiger partial charge is 0.481 e. The number of nitrogens with one attached hydrogen (secondary N) is 1. The molecule has 2 aliphatic rings. The summed E-state index contributed by atoms with van der Waals surface area (Å²) >= 11 is 0. The van der Waals surface area contributed by atoms with E-state index in [1.807, 2.05) is 0 Å². The number of hydrogen-bond acceptors (Lipinski definition) is 5. The Morgan fingerprint density at radius 3 is 2.40 bits per heavy atom. The van der Waals surface area contributed by atoms with Crippen LogP contribution in [-0.4, -0.2) is 54.8 Å². The van der Waals surface area contributed by atoms with Crippen LogP contribution in [0.5, 0.6) is 0 Å². The van der Waals surface area contributed by atoms with Gasteiger partial charge >= 0.3 is 5.97 Å². The Bertz CT molecular complexity index is 453. The lowest BCUT2D eigenvalue weighted by Gasteiger charge is -2.35. The van der Waals surface area contributed by atoms with Crippen LogP contribution in [0.4, 0.5) is 0 Å². The SMILES string of the molecule is O=C(O)C1CCC(O)(CNCC2CCS(=O)(=O)C2)CC1. The molecule has 2 rings (SSSR count). The first-order valence-electron chi connectivity index (χ1n) is 7.16. The minimum atomic E-state index is -2.85. The first kappa shape index (κ1) is 15.7. The third-order valence-electron chi connectivity index (χ3n) is 4.48. The van der Waals surface area contributed by atoms with E-state index in [9.17, 15) is 18.3 Å². The number of carboxylic acid groups (broad SMARTS) is 1. The zero-order chi connectivity index (χ0) is 14.8. The minimum absolute atomic E-state index is 0.138. The average molecular weight is 305 g/mol. The number of carbonyl (C=O) groups is 1. The molecule has 1 saturated carbocycles. The van der Waals surface area contributed by atoms with Crippen molar-refractivity contribution >= 4 is 15.8 Å². The fourth-order valence-electron chi connectivity index (χ4n) is 3.12. The summed E-state index contributed by atoms with van der Waals surface area (Å²) in [7, 11) is -2.85. The van der Waals surface area contributed by atoms with Gasteiger partial charge in [-0.05, 0) is 44.6 Å². The van der Waals surface area contributed by atoms with Gasteiger partial charge in [0.2, 0.25) is 0 Å². The second-order valence-electron chi connectivity index (χ2n) is 6.24. The molecule has 1 saturated heterocycles. The number of sulfone groups is 1. The Kier molecular flexibility index (Phi) is 4.71. The quantitative estimate of drug-likeness (QED) is 0.661. The highest BCUT2D eigenvalue weighted by Crippen LogP contribution is 2.32. The number of aliphatic carboxylic acids is 1. The Balaban J connectivity index is 1.71. The maximum atomic E-state index is 11.3. The van der Waals surface area contributed by atoms with Crippen molar-refractivity contribution in [1.82, 2.24) is 5.32 Å². The molecule has 2 fully saturated rings. The third-order valence-corrected chi connectivity index (χ3v) is 6.32. The molecule has 0 aromatic heterocycles. The first-order valence-corrected chi connectivity index (χ1v) is 8.98. The van der Waals surface area contributed by atoms with E-state index in [1.54, 1.807) is 0 Å². The molecule has 0 radical (unpaired) electrons. The van der Waals surface area contributed by atoms with E-state index in [1.165, 1.54) is 0 Å². The zero-order valence-corrected chi connectivity index (χ0v) is 12.4. The van der Waals surface area contributed by atoms with Gasteiger partial charge in [0.25, 0.3) is 0 Å². The van der Waals surface area contributed by atoms with Crippen LogP contribution in [0, 0.1) is 11.8 Å². The van der Waals surface area contributed by atoms with Gasteiger partial charge in [0.15, 0.2) is 9.84 Å². The van der Waals surface area contributed by atoms with Crippen LogP contribution in [0.25, 0.3) is 0 Å². The molecule has 0 aromatic carbocycles. The Morgan fingerprint density at radius 1 is 1.25 bits per heavy atom. The Hall–Kier alpha value is -0.660. The third kappa shape index (κ3) is 4.17. The van der Waals surface area contributed by atoms with Crippen LogP contribution in [0.1, 0.15) is 32.1 Å². The number of rotatable bonds is 5. The Labute approximate surface area is 119 Å². The van der Waals surface area contributed by atoms with Crippen molar-refractivity contribution in [2.75, 3.05) is 24.6 Å². The van der Waals surface area contributed by atoms with Gasteiger partial charge in [-0.1, -0.05) is 0 Å². The van der Waals surface area contributed by atoms with Crippen LogP contribution < -0.4 is 5.32 Å². The molecule has 116 valence electrons. The molecule has 0 aromatic rings. The fourth-order valence-corrected chi connectivity index (χ4v) is 4.98. The molecule has 0 bridgehead atoms. The highest BCUT2D eigenvalue weighted by atomic mass is 32.2. The van der Waals surface area contributed by atoms with E-state index < -0.39 is 21.4 Å². The molecule has 1 aliphatic carbocycles. The summed E-state index contributed by atoms with van der Waals surface area (Å²) in [6.45, 7) is 1.01. The lowest BCUT2D eigenvalue weighted by molar-refractivity contribution is -0.144. The van der Waals surface area contributed by atoms with Crippen molar-refractivity contribution in [2.24, 2.45) is 11.8 Å². The topological polar surface area (TPSA) is 104 Å². The van der Waals surface area contributed by atoms with E-state index in [2.05, 4.69) is 5.32 Å². The molecule has 0 amide bonds. The van der Waals surface area contributed by atoms with Gasteiger partial charge in [-0.2, -0.15) is 0 Å². The van der Waals surface area contributed by atoms with Crippen LogP contribution in [-0.2, 0) is 14.6 Å². The highest BCUT2D eigenvalue weighted by molar-refractivity contribution is 7.91. The van der Waals surface area contributed by atoms with Crippen molar-refractivity contribution in [2.45, 2.75) is 37.7 Å². The predicted octanol–water partition coefficient (Wildman–Crippen LogP) is 0.0166. The van der Waals surface area contributed by atoms with Crippen molar-refractivity contribution in [3.05, 3.63) is 0 Å². The summed E-state index contributed by atoms with van der Waals surface area (Å²) in [5.74, 6) is -0.478. The van der Waals surface area contributed by atoms with Gasteiger partial charge < -0.3 is 15.5 Å². The van der Waals surface area contributed by atoms with Crippen molar-refractivity contribution in [3.63, 3.8) is 0 Å². The molecular formula is C13H23NO5S. The summed E-state index contributed by atoms with van der Waals surface area (Å²) in [5.41, 5.74) is -0.844. The Morgan fingerprint density at radius 2 is 1.90 bits per heavy atom. The second kappa shape index (κ2) is 5.99. The van der Waals surface area contributed by atoms with Gasteiger partial charge in [-0.25, -0.2) is 8.42 Å². The van der Waals surface area contributed by atoms with E-state index in [0.717, 1.165) is 0 Å². The van der Waals surface area contributed by atoms with Crippen LogP contribution >= 0.6 is 0 Å². The molecular weight excluding hydrogens is 282 g/mol. The predicted molar refractivity (Wildman–Crippen MR) is 74.2 cm³/mol. The zero-order valence-electron chi connectivity index (χ0n) is 11.5. The molecule has 3 N–H and O–H groups in total. The lowest BCUT2D eigenvalue weighted by atomic mass is 9.79. The fraction of sp³-hybridized carbons (Fsp3) is 0.923. The second-order valence-corrected chi connectivity index (χ2v) is 8.47. The number of hydrogen-bond donors (Lipinski definition) is 3. The van der Waals surface area contributed by atoms with E-state index in [0.29, 0.717) is 45.2 Å². The lowest BCUT2D eigenvalue weighted by Crippen LogP contribution is -2.45. The van der Waals surface area contributed by atoms with Gasteiger partial charge in [0, 0.05) is 6.54 Å². The molecule has 1 aliphatic heterocycles. The van der Waals surface area contributed by atoms with Gasteiger partial charge in [-0.15, -0.1) is 0 Å². The van der Waals surface area contributed by atoms with Crippen molar-refractivity contribution in [3.8, 4) is 0 Å². The van der Waals surface area contributed by atoms with Crippen molar-refractivity contribution < 1.29 is 23.4 Å². The molecule has 0 spiro atoms. The van der Waals surface area contributed by atoms with Gasteiger partial charge in [0.1, 0.15) is 0 Å². The van der Waals surface area contributed by atoms with Crippen LogP contribution in [0.15, 0.2) is 0 Å². The summed E-state index contributed by atoms with van der Waals surface area (Å²) in [6, 6.07) is 0. The van der Waals surface area contributed by atoms with Crippen LogP contribution in [0.3, 0.4) is 0 Å². The number of aliphatic hydroxyl groups is 1. The molecule has 1 heterocycles. The smallest absolute Gasteiger partial charge is 0.306 e. The molecule has 1 unspecified atom stereocenters. The standard InChI is InChI=1S/C13H23NO5S/c15-12(16)11-1-4-13(17,5-2-11)9-14-7-10-3-6-20(18,19)8-10/h10-11,14,17H,1-9H2,(H,15,16). The average Bonchev–Trinajstić information content (AvgIpc) is 2.69. The summed E-state index contributed by atoms with van der Waals surface area (Å²) in [6.07, 6.45) is 2.67. The van der Waals surface area contributed by atoms with Crippen LogP contribution in [0.2, 0.25) is 0 Å². The van der Waals surface area contributed by atoms with Gasteiger partial charge in [0.05, 0.1) is 23.0 Å². The van der Waals surface area contributed by atoms with Gasteiger partial charge in [-0.3, -0.25) is 4.79 Å². The normalized spacial score (nSPS) is 36.9. The maximum absolute atomic E-state index is 11.3. The molecule has 7 heteroatoms. The summed E-state index contributed by atoms with van der Waals surface area (Å²) in [4.78, 5) is 10.9. The monoisotopic (exact) mass is 305 g/mol.